The van der Waals surface area contributed by atoms with E-state index in [1.165, 1.54) is 5.56 Å². The standard InChI is InChI=1S/C15H22N2O2S/c1-12-2-4-14(5-3-12)19-8-6-17-15(18)10-13-11-20-9-7-16-13/h2-5,13,16H,6-11H2,1H3,(H,17,18). The van der Waals surface area contributed by atoms with Gasteiger partial charge in [0.05, 0.1) is 6.54 Å². The molecular weight excluding hydrogens is 272 g/mol. The lowest BCUT2D eigenvalue weighted by molar-refractivity contribution is -0.121. The lowest BCUT2D eigenvalue weighted by atomic mass is 10.2. The van der Waals surface area contributed by atoms with Crippen molar-refractivity contribution in [3.8, 4) is 5.75 Å². The van der Waals surface area contributed by atoms with Gasteiger partial charge in [0, 0.05) is 30.5 Å². The van der Waals surface area contributed by atoms with Crippen molar-refractivity contribution in [2.75, 3.05) is 31.2 Å². The molecule has 0 bridgehead atoms. The molecule has 1 aliphatic heterocycles. The Morgan fingerprint density at radius 1 is 1.45 bits per heavy atom. The Balaban J connectivity index is 1.58. The van der Waals surface area contributed by atoms with Gasteiger partial charge in [-0.05, 0) is 19.1 Å². The highest BCUT2D eigenvalue weighted by molar-refractivity contribution is 7.99. The van der Waals surface area contributed by atoms with Crippen LogP contribution in [0.3, 0.4) is 0 Å². The number of benzene rings is 1. The zero-order valence-electron chi connectivity index (χ0n) is 11.9. The van der Waals surface area contributed by atoms with E-state index in [0.29, 0.717) is 25.6 Å². The van der Waals surface area contributed by atoms with Crippen LogP contribution in [0.15, 0.2) is 24.3 Å². The molecule has 2 rings (SSSR count). The van der Waals surface area contributed by atoms with Gasteiger partial charge in [0.1, 0.15) is 12.4 Å². The average Bonchev–Trinajstić information content (AvgIpc) is 2.46. The van der Waals surface area contributed by atoms with Crippen molar-refractivity contribution in [1.29, 1.82) is 0 Å². The van der Waals surface area contributed by atoms with Gasteiger partial charge in [-0.15, -0.1) is 0 Å². The summed E-state index contributed by atoms with van der Waals surface area (Å²) in [5, 5.41) is 6.26. The second kappa shape index (κ2) is 8.17. The molecule has 0 aliphatic carbocycles. The smallest absolute Gasteiger partial charge is 0.221 e. The van der Waals surface area contributed by atoms with Gasteiger partial charge in [0.25, 0.3) is 0 Å². The predicted molar refractivity (Wildman–Crippen MR) is 83.4 cm³/mol. The van der Waals surface area contributed by atoms with Crippen molar-refractivity contribution >= 4 is 17.7 Å². The van der Waals surface area contributed by atoms with Crippen LogP contribution in [0.4, 0.5) is 0 Å². The van der Waals surface area contributed by atoms with E-state index in [-0.39, 0.29) is 5.91 Å². The van der Waals surface area contributed by atoms with Crippen LogP contribution in [0.1, 0.15) is 12.0 Å². The first-order chi connectivity index (χ1) is 9.74. The van der Waals surface area contributed by atoms with Crippen LogP contribution in [-0.4, -0.2) is 43.2 Å². The topological polar surface area (TPSA) is 50.4 Å². The number of rotatable bonds is 6. The minimum atomic E-state index is 0.0949. The molecule has 4 nitrogen and oxygen atoms in total. The van der Waals surface area contributed by atoms with Crippen LogP contribution in [0.25, 0.3) is 0 Å². The van der Waals surface area contributed by atoms with Crippen molar-refractivity contribution in [2.45, 2.75) is 19.4 Å². The van der Waals surface area contributed by atoms with Crippen molar-refractivity contribution in [1.82, 2.24) is 10.6 Å². The van der Waals surface area contributed by atoms with Gasteiger partial charge in [-0.1, -0.05) is 17.7 Å². The van der Waals surface area contributed by atoms with E-state index < -0.39 is 0 Å². The third-order valence-corrected chi connectivity index (χ3v) is 4.28. The molecule has 0 radical (unpaired) electrons. The van der Waals surface area contributed by atoms with Crippen molar-refractivity contribution in [3.05, 3.63) is 29.8 Å². The number of aryl methyl sites for hydroxylation is 1. The molecule has 0 spiro atoms. The number of nitrogens with one attached hydrogen (secondary N) is 2. The van der Waals surface area contributed by atoms with Gasteiger partial charge in [0.2, 0.25) is 5.91 Å². The summed E-state index contributed by atoms with van der Waals surface area (Å²) in [6.45, 7) is 4.09. The normalized spacial score (nSPS) is 18.6. The molecule has 1 saturated heterocycles. The number of hydrogen-bond acceptors (Lipinski definition) is 4. The van der Waals surface area contributed by atoms with E-state index in [0.717, 1.165) is 23.8 Å². The van der Waals surface area contributed by atoms with Gasteiger partial charge < -0.3 is 15.4 Å². The monoisotopic (exact) mass is 294 g/mol. The second-order valence-corrected chi connectivity index (χ2v) is 6.09. The van der Waals surface area contributed by atoms with Gasteiger partial charge in [0.15, 0.2) is 0 Å². The Hall–Kier alpha value is -1.20. The average molecular weight is 294 g/mol. The van der Waals surface area contributed by atoms with E-state index in [2.05, 4.69) is 10.6 Å². The largest absolute Gasteiger partial charge is 0.492 e. The van der Waals surface area contributed by atoms with Crippen LogP contribution < -0.4 is 15.4 Å². The molecule has 2 N–H and O–H groups in total. The first-order valence-corrected chi connectivity index (χ1v) is 8.17. The molecule has 20 heavy (non-hydrogen) atoms. The molecular formula is C15H22N2O2S. The molecule has 5 heteroatoms. The van der Waals surface area contributed by atoms with Crippen LogP contribution in [0.2, 0.25) is 0 Å². The van der Waals surface area contributed by atoms with E-state index in [9.17, 15) is 4.79 Å². The summed E-state index contributed by atoms with van der Waals surface area (Å²) in [4.78, 5) is 11.8. The molecule has 1 aliphatic rings. The van der Waals surface area contributed by atoms with E-state index in [4.69, 9.17) is 4.74 Å². The Bertz CT molecular complexity index is 416. The van der Waals surface area contributed by atoms with Gasteiger partial charge >= 0.3 is 0 Å². The fourth-order valence-corrected chi connectivity index (χ4v) is 2.99. The lowest BCUT2D eigenvalue weighted by Gasteiger charge is -2.22. The molecule has 1 fully saturated rings. The van der Waals surface area contributed by atoms with Gasteiger partial charge in [-0.3, -0.25) is 4.79 Å². The fraction of sp³-hybridized carbons (Fsp3) is 0.533. The summed E-state index contributed by atoms with van der Waals surface area (Å²) in [7, 11) is 0. The van der Waals surface area contributed by atoms with Gasteiger partial charge in [-0.25, -0.2) is 0 Å². The molecule has 110 valence electrons. The number of ether oxygens (including phenoxy) is 1. The van der Waals surface area contributed by atoms with Crippen molar-refractivity contribution in [2.24, 2.45) is 0 Å². The van der Waals surface area contributed by atoms with E-state index in [1.807, 2.05) is 43.0 Å². The molecule has 1 aromatic carbocycles. The Morgan fingerprint density at radius 2 is 2.25 bits per heavy atom. The highest BCUT2D eigenvalue weighted by Gasteiger charge is 2.16. The minimum absolute atomic E-state index is 0.0949. The number of carbonyl (C=O) groups is 1. The number of carbonyl (C=O) groups excluding carboxylic acids is 1. The van der Waals surface area contributed by atoms with Crippen molar-refractivity contribution in [3.63, 3.8) is 0 Å². The Labute approximate surface area is 124 Å². The maximum absolute atomic E-state index is 11.8. The Kier molecular flexibility index (Phi) is 6.21. The molecule has 1 amide bonds. The number of hydrogen-bond donors (Lipinski definition) is 2. The molecule has 1 heterocycles. The third kappa shape index (κ3) is 5.43. The molecule has 0 saturated carbocycles. The summed E-state index contributed by atoms with van der Waals surface area (Å²) in [6.07, 6.45) is 0.553. The fourth-order valence-electron chi connectivity index (χ4n) is 2.04. The first kappa shape index (κ1) is 15.2. The third-order valence-electron chi connectivity index (χ3n) is 3.14. The number of thioether (sulfide) groups is 1. The maximum atomic E-state index is 11.8. The summed E-state index contributed by atoms with van der Waals surface area (Å²) < 4.78 is 5.57. The van der Waals surface area contributed by atoms with Crippen LogP contribution in [0, 0.1) is 6.92 Å². The zero-order valence-corrected chi connectivity index (χ0v) is 12.7. The van der Waals surface area contributed by atoms with Gasteiger partial charge in [-0.2, -0.15) is 11.8 Å². The summed E-state index contributed by atoms with van der Waals surface area (Å²) in [6, 6.07) is 8.23. The maximum Gasteiger partial charge on any atom is 0.221 e. The molecule has 1 atom stereocenters. The highest BCUT2D eigenvalue weighted by atomic mass is 32.2. The predicted octanol–water partition coefficient (Wildman–Crippen LogP) is 1.59. The minimum Gasteiger partial charge on any atom is -0.492 e. The second-order valence-electron chi connectivity index (χ2n) is 4.94. The first-order valence-electron chi connectivity index (χ1n) is 7.01. The summed E-state index contributed by atoms with van der Waals surface area (Å²) in [5.41, 5.74) is 1.21. The SMILES string of the molecule is Cc1ccc(OCCNC(=O)CC2CSCCN2)cc1. The quantitative estimate of drug-likeness (QED) is 0.782. The van der Waals surface area contributed by atoms with Crippen LogP contribution in [0.5, 0.6) is 5.75 Å². The summed E-state index contributed by atoms with van der Waals surface area (Å²) in [5.74, 6) is 3.10. The highest BCUT2D eigenvalue weighted by Crippen LogP contribution is 2.11. The van der Waals surface area contributed by atoms with E-state index in [1.54, 1.807) is 0 Å². The van der Waals surface area contributed by atoms with Crippen LogP contribution >= 0.6 is 11.8 Å². The molecule has 0 aromatic heterocycles. The summed E-state index contributed by atoms with van der Waals surface area (Å²) >= 11 is 1.90. The van der Waals surface area contributed by atoms with Crippen molar-refractivity contribution < 1.29 is 9.53 Å². The Morgan fingerprint density at radius 3 is 2.95 bits per heavy atom. The van der Waals surface area contributed by atoms with Crippen LogP contribution in [-0.2, 0) is 4.79 Å². The molecule has 1 aromatic rings. The molecule has 1 unspecified atom stereocenters. The zero-order chi connectivity index (χ0) is 14.2. The van der Waals surface area contributed by atoms with E-state index >= 15 is 0 Å². The lowest BCUT2D eigenvalue weighted by Crippen LogP contribution is -2.41. The number of amides is 1.